The van der Waals surface area contributed by atoms with E-state index >= 15 is 0 Å². The van der Waals surface area contributed by atoms with Crippen molar-refractivity contribution in [3.63, 3.8) is 0 Å². The van der Waals surface area contributed by atoms with Crippen LogP contribution in [0.15, 0.2) is 46.7 Å². The van der Waals surface area contributed by atoms with Crippen LogP contribution in [0.3, 0.4) is 0 Å². The Labute approximate surface area is 133 Å². The average Bonchev–Trinajstić information content (AvgIpc) is 2.87. The molecule has 0 saturated carbocycles. The van der Waals surface area contributed by atoms with E-state index in [9.17, 15) is 8.42 Å². The highest BCUT2D eigenvalue weighted by molar-refractivity contribution is 7.91. The number of halogens is 1. The highest BCUT2D eigenvalue weighted by Gasteiger charge is 2.22. The number of sulfonamides is 1. The molecule has 1 heterocycles. The van der Waals surface area contributed by atoms with Crippen molar-refractivity contribution in [2.45, 2.75) is 16.7 Å². The molecule has 0 spiro atoms. The topological polar surface area (TPSA) is 55.4 Å². The molecule has 2 aromatic rings. The van der Waals surface area contributed by atoms with E-state index in [0.29, 0.717) is 17.4 Å². The van der Waals surface area contributed by atoms with Crippen LogP contribution >= 0.6 is 22.9 Å². The van der Waals surface area contributed by atoms with Crippen LogP contribution in [0.25, 0.3) is 0 Å². The number of benzene rings is 1. The van der Waals surface area contributed by atoms with Crippen LogP contribution in [0.2, 0.25) is 4.34 Å². The van der Waals surface area contributed by atoms with Gasteiger partial charge in [0, 0.05) is 13.2 Å². The van der Waals surface area contributed by atoms with Gasteiger partial charge >= 0.3 is 0 Å². The van der Waals surface area contributed by atoms with Crippen molar-refractivity contribution in [1.82, 2.24) is 4.72 Å². The van der Waals surface area contributed by atoms with Gasteiger partial charge in [0.2, 0.25) is 10.0 Å². The Morgan fingerprint density at radius 1 is 1.24 bits per heavy atom. The van der Waals surface area contributed by atoms with E-state index in [-0.39, 0.29) is 10.3 Å². The Balaban J connectivity index is 2.12. The van der Waals surface area contributed by atoms with Gasteiger partial charge in [0.1, 0.15) is 4.21 Å². The molecule has 2 rings (SSSR count). The summed E-state index contributed by atoms with van der Waals surface area (Å²) in [5.41, 5.74) is 1.05. The van der Waals surface area contributed by atoms with Crippen molar-refractivity contribution in [2.75, 3.05) is 13.7 Å². The molecule has 21 heavy (non-hydrogen) atoms. The number of methoxy groups -OCH3 is 1. The zero-order valence-electron chi connectivity index (χ0n) is 11.5. The number of ether oxygens (including phenoxy) is 1. The third-order valence-corrected chi connectivity index (χ3v) is 6.07. The quantitative estimate of drug-likeness (QED) is 0.839. The summed E-state index contributed by atoms with van der Waals surface area (Å²) in [5.74, 6) is 0. The summed E-state index contributed by atoms with van der Waals surface area (Å²) in [6, 6.07) is 12.4. The molecule has 1 atom stereocenters. The molecule has 0 aliphatic heterocycles. The van der Waals surface area contributed by atoms with Gasteiger partial charge in [-0.1, -0.05) is 41.9 Å². The second-order valence-corrected chi connectivity index (χ2v) is 8.18. The first kappa shape index (κ1) is 16.5. The van der Waals surface area contributed by atoms with Crippen LogP contribution in [-0.2, 0) is 21.2 Å². The maximum absolute atomic E-state index is 12.3. The smallest absolute Gasteiger partial charge is 0.250 e. The summed E-state index contributed by atoms with van der Waals surface area (Å²) >= 11 is 6.83. The summed E-state index contributed by atoms with van der Waals surface area (Å²) in [7, 11) is -2.03. The Bertz CT molecular complexity index is 671. The van der Waals surface area contributed by atoms with Crippen molar-refractivity contribution >= 4 is 33.0 Å². The first-order chi connectivity index (χ1) is 10.0. The number of nitrogens with one attached hydrogen (secondary N) is 1. The van der Waals surface area contributed by atoms with Gasteiger partial charge in [-0.25, -0.2) is 13.1 Å². The molecule has 7 heteroatoms. The highest BCUT2D eigenvalue weighted by Crippen LogP contribution is 2.25. The van der Waals surface area contributed by atoms with E-state index in [1.54, 1.807) is 13.2 Å². The average molecular weight is 346 g/mol. The molecular formula is C14H16ClNO3S2. The summed E-state index contributed by atoms with van der Waals surface area (Å²) in [5, 5.41) is 0. The maximum Gasteiger partial charge on any atom is 0.250 e. The van der Waals surface area contributed by atoms with Gasteiger partial charge in [-0.2, -0.15) is 0 Å². The first-order valence-corrected chi connectivity index (χ1v) is 8.99. The molecule has 0 radical (unpaired) electrons. The molecule has 1 N–H and O–H groups in total. The lowest BCUT2D eigenvalue weighted by molar-refractivity contribution is 0.174. The van der Waals surface area contributed by atoms with Crippen molar-refractivity contribution in [2.24, 2.45) is 0 Å². The fourth-order valence-electron chi connectivity index (χ4n) is 1.95. The largest absolute Gasteiger partial charge is 0.383 e. The molecule has 0 amide bonds. The number of thiophene rings is 1. The third-order valence-electron chi connectivity index (χ3n) is 2.83. The van der Waals surface area contributed by atoms with Crippen molar-refractivity contribution in [1.29, 1.82) is 0 Å². The minimum atomic E-state index is -3.58. The summed E-state index contributed by atoms with van der Waals surface area (Å²) < 4.78 is 33.1. The van der Waals surface area contributed by atoms with Gasteiger partial charge in [0.05, 0.1) is 10.9 Å². The molecule has 0 aliphatic rings. The monoisotopic (exact) mass is 345 g/mol. The van der Waals surface area contributed by atoms with Gasteiger partial charge in [0.15, 0.2) is 0 Å². The van der Waals surface area contributed by atoms with Crippen molar-refractivity contribution in [3.8, 4) is 0 Å². The predicted molar refractivity (Wildman–Crippen MR) is 85.5 cm³/mol. The van der Waals surface area contributed by atoms with Gasteiger partial charge < -0.3 is 4.74 Å². The molecule has 0 aliphatic carbocycles. The fraction of sp³-hybridized carbons (Fsp3) is 0.286. The van der Waals surface area contributed by atoms with Crippen LogP contribution in [0, 0.1) is 0 Å². The summed E-state index contributed by atoms with van der Waals surface area (Å²) in [4.78, 5) is 0. The van der Waals surface area contributed by atoms with Crippen LogP contribution in [0.5, 0.6) is 0 Å². The summed E-state index contributed by atoms with van der Waals surface area (Å²) in [6.45, 7) is 0.299. The first-order valence-electron chi connectivity index (χ1n) is 6.32. The number of rotatable bonds is 7. The van der Waals surface area contributed by atoms with Crippen LogP contribution < -0.4 is 4.72 Å². The van der Waals surface area contributed by atoms with E-state index in [2.05, 4.69) is 4.72 Å². The van der Waals surface area contributed by atoms with E-state index in [0.717, 1.165) is 16.9 Å². The van der Waals surface area contributed by atoms with Gasteiger partial charge in [-0.15, -0.1) is 11.3 Å². The SMILES string of the molecule is COCC(Cc1ccccc1)NS(=O)(=O)c1ccc(Cl)s1. The third kappa shape index (κ3) is 4.79. The number of hydrogen-bond acceptors (Lipinski definition) is 4. The molecule has 0 saturated heterocycles. The molecule has 114 valence electrons. The Morgan fingerprint density at radius 3 is 2.52 bits per heavy atom. The molecule has 1 aromatic heterocycles. The van der Waals surface area contributed by atoms with Gasteiger partial charge in [0.25, 0.3) is 0 Å². The van der Waals surface area contributed by atoms with Gasteiger partial charge in [-0.3, -0.25) is 0 Å². The van der Waals surface area contributed by atoms with Crippen LogP contribution in [-0.4, -0.2) is 28.2 Å². The minimum absolute atomic E-state index is 0.210. The Kier molecular flexibility index (Phi) is 5.78. The molecule has 1 unspecified atom stereocenters. The molecule has 4 nitrogen and oxygen atoms in total. The van der Waals surface area contributed by atoms with E-state index in [4.69, 9.17) is 16.3 Å². The second-order valence-electron chi connectivity index (χ2n) is 4.52. The molecule has 1 aromatic carbocycles. The van der Waals surface area contributed by atoms with Crippen molar-refractivity contribution < 1.29 is 13.2 Å². The Hall–Kier alpha value is -0.920. The zero-order valence-corrected chi connectivity index (χ0v) is 13.8. The molecule has 0 fully saturated rings. The lowest BCUT2D eigenvalue weighted by atomic mass is 10.1. The normalized spacial score (nSPS) is 13.2. The van der Waals surface area contributed by atoms with E-state index in [1.807, 2.05) is 30.3 Å². The van der Waals surface area contributed by atoms with Gasteiger partial charge in [-0.05, 0) is 24.1 Å². The second kappa shape index (κ2) is 7.38. The minimum Gasteiger partial charge on any atom is -0.383 e. The highest BCUT2D eigenvalue weighted by atomic mass is 35.5. The lowest BCUT2D eigenvalue weighted by Crippen LogP contribution is -2.39. The fourth-order valence-corrected chi connectivity index (χ4v) is 4.67. The maximum atomic E-state index is 12.3. The predicted octanol–water partition coefficient (Wildman–Crippen LogP) is 2.94. The molecular weight excluding hydrogens is 330 g/mol. The van der Waals surface area contributed by atoms with Crippen LogP contribution in [0.4, 0.5) is 0 Å². The van der Waals surface area contributed by atoms with Crippen LogP contribution in [0.1, 0.15) is 5.56 Å². The van der Waals surface area contributed by atoms with E-state index < -0.39 is 10.0 Å². The van der Waals surface area contributed by atoms with E-state index in [1.165, 1.54) is 6.07 Å². The summed E-state index contributed by atoms with van der Waals surface area (Å²) in [6.07, 6.45) is 0.563. The lowest BCUT2D eigenvalue weighted by Gasteiger charge is -2.17. The Morgan fingerprint density at radius 2 is 1.95 bits per heavy atom. The molecule has 0 bridgehead atoms. The standard InChI is InChI=1S/C14H16ClNO3S2/c1-19-10-12(9-11-5-3-2-4-6-11)16-21(17,18)14-8-7-13(15)20-14/h2-8,12,16H,9-10H2,1H3. The number of hydrogen-bond donors (Lipinski definition) is 1. The van der Waals surface area contributed by atoms with Crippen molar-refractivity contribution in [3.05, 3.63) is 52.4 Å². The zero-order chi connectivity index (χ0) is 15.3.